The van der Waals surface area contributed by atoms with E-state index >= 15 is 0 Å². The zero-order valence-electron chi connectivity index (χ0n) is 8.96. The first-order chi connectivity index (χ1) is 7.40. The van der Waals surface area contributed by atoms with Crippen LogP contribution in [-0.2, 0) is 12.8 Å². The molecule has 0 amide bonds. The van der Waals surface area contributed by atoms with Gasteiger partial charge >= 0.3 is 0 Å². The molecular weight excluding hydrogens is 186 g/mol. The average Bonchev–Trinajstić information content (AvgIpc) is 2.50. The van der Waals surface area contributed by atoms with E-state index in [1.54, 1.807) is 6.08 Å². The van der Waals surface area contributed by atoms with Gasteiger partial charge in [0.25, 0.3) is 0 Å². The van der Waals surface area contributed by atoms with Gasteiger partial charge in [0.1, 0.15) is 12.4 Å². The molecule has 0 saturated carbocycles. The van der Waals surface area contributed by atoms with E-state index in [0.29, 0.717) is 6.61 Å². The van der Waals surface area contributed by atoms with Crippen molar-refractivity contribution >= 4 is 0 Å². The van der Waals surface area contributed by atoms with Crippen LogP contribution < -0.4 is 10.1 Å². The van der Waals surface area contributed by atoms with Gasteiger partial charge in [-0.1, -0.05) is 18.7 Å². The van der Waals surface area contributed by atoms with Crippen LogP contribution in [0.15, 0.2) is 30.9 Å². The van der Waals surface area contributed by atoms with Crippen LogP contribution in [0.4, 0.5) is 0 Å². The average molecular weight is 203 g/mol. The highest BCUT2D eigenvalue weighted by atomic mass is 16.5. The van der Waals surface area contributed by atoms with Crippen LogP contribution in [0.25, 0.3) is 0 Å². The summed E-state index contributed by atoms with van der Waals surface area (Å²) < 4.78 is 5.52. The molecule has 1 aromatic rings. The van der Waals surface area contributed by atoms with Crippen molar-refractivity contribution in [3.05, 3.63) is 42.0 Å². The molecule has 0 bridgehead atoms. The third-order valence-corrected chi connectivity index (χ3v) is 2.69. The lowest BCUT2D eigenvalue weighted by Crippen LogP contribution is -2.16. The molecule has 80 valence electrons. The van der Waals surface area contributed by atoms with E-state index in [1.807, 2.05) is 6.07 Å². The fraction of sp³-hybridized carbons (Fsp3) is 0.385. The molecule has 15 heavy (non-hydrogen) atoms. The van der Waals surface area contributed by atoms with Gasteiger partial charge < -0.3 is 10.1 Å². The van der Waals surface area contributed by atoms with Crippen molar-refractivity contribution in [1.82, 2.24) is 5.32 Å². The van der Waals surface area contributed by atoms with E-state index in [-0.39, 0.29) is 0 Å². The van der Waals surface area contributed by atoms with Gasteiger partial charge in [-0.05, 0) is 49.2 Å². The molecule has 2 heteroatoms. The maximum atomic E-state index is 5.52. The van der Waals surface area contributed by atoms with Crippen LogP contribution in [0.2, 0.25) is 0 Å². The normalized spacial score (nSPS) is 15.2. The summed E-state index contributed by atoms with van der Waals surface area (Å²) in [5, 5.41) is 3.40. The van der Waals surface area contributed by atoms with Crippen molar-refractivity contribution in [2.24, 2.45) is 0 Å². The molecule has 2 nitrogen and oxygen atoms in total. The first kappa shape index (κ1) is 10.2. The second-order valence-electron chi connectivity index (χ2n) is 3.78. The minimum atomic E-state index is 0.580. The van der Waals surface area contributed by atoms with Gasteiger partial charge in [0.15, 0.2) is 0 Å². The fourth-order valence-corrected chi connectivity index (χ4v) is 1.89. The Morgan fingerprint density at radius 1 is 1.27 bits per heavy atom. The van der Waals surface area contributed by atoms with Gasteiger partial charge in [-0.3, -0.25) is 0 Å². The summed E-state index contributed by atoms with van der Waals surface area (Å²) in [5.74, 6) is 0.954. The van der Waals surface area contributed by atoms with E-state index < -0.39 is 0 Å². The van der Waals surface area contributed by atoms with Gasteiger partial charge in [-0.25, -0.2) is 0 Å². The maximum Gasteiger partial charge on any atom is 0.120 e. The van der Waals surface area contributed by atoms with Crippen molar-refractivity contribution in [3.63, 3.8) is 0 Å². The van der Waals surface area contributed by atoms with Gasteiger partial charge in [-0.15, -0.1) is 0 Å². The molecule has 0 aliphatic carbocycles. The quantitative estimate of drug-likeness (QED) is 0.758. The molecule has 1 heterocycles. The second-order valence-corrected chi connectivity index (χ2v) is 3.78. The lowest BCUT2D eigenvalue weighted by Gasteiger charge is -2.08. The lowest BCUT2D eigenvalue weighted by molar-refractivity contribution is 0.363. The van der Waals surface area contributed by atoms with E-state index in [2.05, 4.69) is 24.0 Å². The number of hydrogen-bond acceptors (Lipinski definition) is 2. The number of fused-ring (bicyclic) bond motifs is 1. The summed E-state index contributed by atoms with van der Waals surface area (Å²) in [6, 6.07) is 6.39. The number of nitrogens with one attached hydrogen (secondary N) is 1. The fourth-order valence-electron chi connectivity index (χ4n) is 1.89. The van der Waals surface area contributed by atoms with Gasteiger partial charge in [0.2, 0.25) is 0 Å². The molecule has 0 fully saturated rings. The Morgan fingerprint density at radius 3 is 2.87 bits per heavy atom. The maximum absolute atomic E-state index is 5.52. The Hall–Kier alpha value is -1.28. The molecule has 0 radical (unpaired) electrons. The molecule has 2 rings (SSSR count). The molecule has 0 atom stereocenters. The van der Waals surface area contributed by atoms with Gasteiger partial charge in [-0.2, -0.15) is 0 Å². The zero-order valence-corrected chi connectivity index (χ0v) is 8.96. The van der Waals surface area contributed by atoms with Crippen LogP contribution in [0.5, 0.6) is 5.75 Å². The van der Waals surface area contributed by atoms with Crippen molar-refractivity contribution in [3.8, 4) is 5.75 Å². The van der Waals surface area contributed by atoms with E-state index in [9.17, 15) is 0 Å². The summed E-state index contributed by atoms with van der Waals surface area (Å²) in [5.41, 5.74) is 2.87. The monoisotopic (exact) mass is 203 g/mol. The highest BCUT2D eigenvalue weighted by Gasteiger charge is 2.07. The molecule has 0 spiro atoms. The van der Waals surface area contributed by atoms with Crippen LogP contribution in [0.1, 0.15) is 11.1 Å². The smallest absolute Gasteiger partial charge is 0.120 e. The van der Waals surface area contributed by atoms with Crippen LogP contribution in [0, 0.1) is 0 Å². The highest BCUT2D eigenvalue weighted by Crippen LogP contribution is 2.20. The summed E-state index contributed by atoms with van der Waals surface area (Å²) in [7, 11) is 0. The van der Waals surface area contributed by atoms with Gasteiger partial charge in [0.05, 0.1) is 0 Å². The first-order valence-corrected chi connectivity index (χ1v) is 5.46. The minimum Gasteiger partial charge on any atom is -0.490 e. The molecular formula is C13H17NO. The van der Waals surface area contributed by atoms with Crippen LogP contribution in [-0.4, -0.2) is 19.7 Å². The summed E-state index contributed by atoms with van der Waals surface area (Å²) in [6.45, 7) is 6.37. The van der Waals surface area contributed by atoms with Crippen molar-refractivity contribution < 1.29 is 4.74 Å². The summed E-state index contributed by atoms with van der Waals surface area (Å²) in [6.07, 6.45) is 3.99. The van der Waals surface area contributed by atoms with E-state index in [1.165, 1.54) is 11.1 Å². The number of ether oxygens (including phenoxy) is 1. The predicted octanol–water partition coefficient (Wildman–Crippen LogP) is 1.94. The van der Waals surface area contributed by atoms with Crippen molar-refractivity contribution in [1.29, 1.82) is 0 Å². The molecule has 0 saturated heterocycles. The molecule has 1 aliphatic heterocycles. The second kappa shape index (κ2) is 4.99. The molecule has 0 unspecified atom stereocenters. The van der Waals surface area contributed by atoms with Crippen molar-refractivity contribution in [2.45, 2.75) is 12.8 Å². The minimum absolute atomic E-state index is 0.580. The molecule has 0 aromatic heterocycles. The predicted molar refractivity (Wildman–Crippen MR) is 62.4 cm³/mol. The Morgan fingerprint density at radius 2 is 2.07 bits per heavy atom. The largest absolute Gasteiger partial charge is 0.490 e. The lowest BCUT2D eigenvalue weighted by atomic mass is 10.0. The zero-order chi connectivity index (χ0) is 10.5. The topological polar surface area (TPSA) is 21.3 Å². The first-order valence-electron chi connectivity index (χ1n) is 5.46. The Labute approximate surface area is 91.0 Å². The summed E-state index contributed by atoms with van der Waals surface area (Å²) >= 11 is 0. The number of hydrogen-bond donors (Lipinski definition) is 1. The number of rotatable bonds is 3. The van der Waals surface area contributed by atoms with E-state index in [0.717, 1.165) is 31.7 Å². The Bertz CT molecular complexity index is 346. The molecule has 1 aromatic carbocycles. The Kier molecular flexibility index (Phi) is 3.41. The Balaban J connectivity index is 2.16. The molecule has 1 N–H and O–H groups in total. The van der Waals surface area contributed by atoms with Crippen LogP contribution >= 0.6 is 0 Å². The number of benzene rings is 1. The standard InChI is InChI=1S/C13H17NO/c1-2-9-15-13-4-3-11-5-7-14-8-6-12(11)10-13/h2-4,10,14H,1,5-9H2. The third-order valence-electron chi connectivity index (χ3n) is 2.69. The highest BCUT2D eigenvalue weighted by molar-refractivity contribution is 5.36. The third kappa shape index (κ3) is 2.60. The van der Waals surface area contributed by atoms with Crippen molar-refractivity contribution in [2.75, 3.05) is 19.7 Å². The SMILES string of the molecule is C=CCOc1ccc2c(c1)CCNCC2. The molecule has 1 aliphatic rings. The summed E-state index contributed by atoms with van der Waals surface area (Å²) in [4.78, 5) is 0. The van der Waals surface area contributed by atoms with E-state index in [4.69, 9.17) is 4.74 Å². The van der Waals surface area contributed by atoms with Gasteiger partial charge in [0, 0.05) is 0 Å². The van der Waals surface area contributed by atoms with Crippen LogP contribution in [0.3, 0.4) is 0 Å².